The molecular formula is C15H33O2Re-3. The SMILES string of the molecule is [CH2-]C(C)(C)C.[CH2-]C(C)(C)C.[CH2-]C(C)(C)C.[O]=[Re]=[O]. The van der Waals surface area contributed by atoms with Crippen LogP contribution in [0.25, 0.3) is 0 Å². The summed E-state index contributed by atoms with van der Waals surface area (Å²) in [6.07, 6.45) is 0. The van der Waals surface area contributed by atoms with Gasteiger partial charge in [-0.3, -0.25) is 0 Å². The molecule has 0 amide bonds. The molecule has 0 aromatic carbocycles. The molecule has 0 aliphatic rings. The van der Waals surface area contributed by atoms with Crippen LogP contribution < -0.4 is 0 Å². The molecule has 0 saturated heterocycles. The van der Waals surface area contributed by atoms with Gasteiger partial charge in [-0.1, -0.05) is 62.3 Å². The monoisotopic (exact) mass is 432 g/mol. The van der Waals surface area contributed by atoms with E-state index in [1.807, 2.05) is 0 Å². The Kier molecular flexibility index (Phi) is 18.3. The summed E-state index contributed by atoms with van der Waals surface area (Å²) in [4.78, 5) is 0. The molecule has 0 radical (unpaired) electrons. The van der Waals surface area contributed by atoms with Gasteiger partial charge in [-0.15, -0.1) is 0 Å². The Morgan fingerprint density at radius 3 is 0.556 bits per heavy atom. The molecule has 0 aromatic rings. The summed E-state index contributed by atoms with van der Waals surface area (Å²) in [5, 5.41) is 0. The summed E-state index contributed by atoms with van der Waals surface area (Å²) in [5.74, 6) is 0. The van der Waals surface area contributed by atoms with Crippen LogP contribution in [-0.2, 0) is 24.8 Å². The second-order valence-electron chi connectivity index (χ2n) is 7.74. The topological polar surface area (TPSA) is 34.1 Å². The molecule has 115 valence electrons. The van der Waals surface area contributed by atoms with Gasteiger partial charge in [-0.25, -0.2) is 0 Å². The first-order chi connectivity index (χ1) is 7.41. The molecule has 0 atom stereocenters. The second-order valence-corrected chi connectivity index (χ2v) is 8.20. The van der Waals surface area contributed by atoms with Crippen molar-refractivity contribution in [1.29, 1.82) is 0 Å². The van der Waals surface area contributed by atoms with E-state index in [2.05, 4.69) is 83.1 Å². The third-order valence-corrected chi connectivity index (χ3v) is 0. The van der Waals surface area contributed by atoms with Crippen molar-refractivity contribution >= 4 is 0 Å². The molecule has 0 aromatic heterocycles. The van der Waals surface area contributed by atoms with Gasteiger partial charge in [-0.05, 0) is 0 Å². The van der Waals surface area contributed by atoms with Gasteiger partial charge in [0.2, 0.25) is 0 Å². The Morgan fingerprint density at radius 2 is 0.556 bits per heavy atom. The molecule has 0 bridgehead atoms. The first-order valence-corrected chi connectivity index (χ1v) is 8.09. The molecule has 0 spiro atoms. The van der Waals surface area contributed by atoms with E-state index >= 15 is 0 Å². The van der Waals surface area contributed by atoms with E-state index < -0.39 is 17.9 Å². The Hall–Kier alpha value is 0.262. The van der Waals surface area contributed by atoms with Crippen LogP contribution in [0.4, 0.5) is 0 Å². The van der Waals surface area contributed by atoms with E-state index in [0.717, 1.165) is 0 Å². The van der Waals surface area contributed by atoms with E-state index in [1.54, 1.807) is 0 Å². The molecule has 0 N–H and O–H groups in total. The van der Waals surface area contributed by atoms with Crippen molar-refractivity contribution in [2.75, 3.05) is 0 Å². The summed E-state index contributed by atoms with van der Waals surface area (Å²) in [5.41, 5.74) is 0.750. The number of rotatable bonds is 0. The zero-order valence-corrected chi connectivity index (χ0v) is 16.5. The van der Waals surface area contributed by atoms with E-state index in [4.69, 9.17) is 6.94 Å². The second kappa shape index (κ2) is 12.3. The van der Waals surface area contributed by atoms with Gasteiger partial charge in [0.25, 0.3) is 0 Å². The minimum atomic E-state index is -2.17. The summed E-state index contributed by atoms with van der Waals surface area (Å²) in [6.45, 7) is 30.0. The van der Waals surface area contributed by atoms with Crippen molar-refractivity contribution in [2.45, 2.75) is 62.3 Å². The summed E-state index contributed by atoms with van der Waals surface area (Å²) in [7, 11) is 0. The summed E-state index contributed by atoms with van der Waals surface area (Å²) in [6, 6.07) is 0. The fourth-order valence-electron chi connectivity index (χ4n) is 0. The molecule has 0 fully saturated rings. The van der Waals surface area contributed by atoms with Gasteiger partial charge >= 0.3 is 24.8 Å². The summed E-state index contributed by atoms with van der Waals surface area (Å²) >= 11 is -2.17. The Labute approximate surface area is 124 Å². The first kappa shape index (κ1) is 26.8. The van der Waals surface area contributed by atoms with Crippen LogP contribution >= 0.6 is 0 Å². The molecule has 0 saturated carbocycles. The van der Waals surface area contributed by atoms with Gasteiger partial charge in [0.05, 0.1) is 0 Å². The normalized spacial score (nSPS) is 10.7. The van der Waals surface area contributed by atoms with Crippen LogP contribution in [0.15, 0.2) is 0 Å². The van der Waals surface area contributed by atoms with Crippen LogP contribution in [0, 0.1) is 37.0 Å². The van der Waals surface area contributed by atoms with E-state index in [9.17, 15) is 0 Å². The van der Waals surface area contributed by atoms with Crippen molar-refractivity contribution < 1.29 is 24.8 Å². The zero-order valence-electron chi connectivity index (χ0n) is 13.8. The van der Waals surface area contributed by atoms with Crippen LogP contribution in [0.3, 0.4) is 0 Å². The van der Waals surface area contributed by atoms with Crippen molar-refractivity contribution in [1.82, 2.24) is 0 Å². The standard InChI is InChI=1S/3C5H11.2O.Re/c3*1-5(2,3)4;;;/h3*1H2,2-4H3;;;/q3*-1;;;. The minimum absolute atomic E-state index is 0.250. The molecule has 0 aliphatic heterocycles. The predicted molar refractivity (Wildman–Crippen MR) is 75.8 cm³/mol. The predicted octanol–water partition coefficient (Wildman–Crippen LogP) is 5.36. The molecular weight excluding hydrogens is 398 g/mol. The quantitative estimate of drug-likeness (QED) is 0.484. The molecule has 0 aliphatic carbocycles. The fourth-order valence-corrected chi connectivity index (χ4v) is 0. The average molecular weight is 432 g/mol. The van der Waals surface area contributed by atoms with Gasteiger partial charge in [0, 0.05) is 0 Å². The average Bonchev–Trinajstić information content (AvgIpc) is 1.71. The van der Waals surface area contributed by atoms with Gasteiger partial charge in [0.15, 0.2) is 0 Å². The molecule has 0 unspecified atom stereocenters. The maximum atomic E-state index is 8.53. The molecule has 3 heteroatoms. The van der Waals surface area contributed by atoms with Gasteiger partial charge in [0.1, 0.15) is 0 Å². The summed E-state index contributed by atoms with van der Waals surface area (Å²) < 4.78 is 17.1. The Bertz CT molecular complexity index is 149. The van der Waals surface area contributed by atoms with E-state index in [1.165, 1.54) is 0 Å². The molecule has 2 nitrogen and oxygen atoms in total. The van der Waals surface area contributed by atoms with Crippen molar-refractivity contribution in [3.63, 3.8) is 0 Å². The molecule has 0 heterocycles. The molecule has 0 rings (SSSR count). The van der Waals surface area contributed by atoms with E-state index in [0.29, 0.717) is 0 Å². The first-order valence-electron chi connectivity index (χ1n) is 5.87. The van der Waals surface area contributed by atoms with Crippen molar-refractivity contribution in [3.05, 3.63) is 20.8 Å². The third kappa shape index (κ3) is 55000. The van der Waals surface area contributed by atoms with Gasteiger partial charge < -0.3 is 20.8 Å². The number of hydrogen-bond donors (Lipinski definition) is 0. The van der Waals surface area contributed by atoms with Crippen LogP contribution in [0.2, 0.25) is 0 Å². The van der Waals surface area contributed by atoms with Crippen LogP contribution in [0.5, 0.6) is 0 Å². The Morgan fingerprint density at radius 1 is 0.556 bits per heavy atom. The van der Waals surface area contributed by atoms with Crippen molar-refractivity contribution in [2.24, 2.45) is 16.2 Å². The molecule has 18 heavy (non-hydrogen) atoms. The Balaban J connectivity index is -0.0000000739. The zero-order chi connectivity index (χ0) is 16.2. The van der Waals surface area contributed by atoms with Crippen LogP contribution in [-0.4, -0.2) is 0 Å². The van der Waals surface area contributed by atoms with Crippen LogP contribution in [0.1, 0.15) is 62.3 Å². The third-order valence-electron chi connectivity index (χ3n) is 0. The van der Waals surface area contributed by atoms with Crippen molar-refractivity contribution in [3.8, 4) is 0 Å². The fraction of sp³-hybridized carbons (Fsp3) is 0.800. The maximum absolute atomic E-state index is 8.53. The number of hydrogen-bond acceptors (Lipinski definition) is 2. The van der Waals surface area contributed by atoms with Gasteiger partial charge in [-0.2, -0.15) is 16.2 Å². The van der Waals surface area contributed by atoms with E-state index in [-0.39, 0.29) is 16.2 Å².